The van der Waals surface area contributed by atoms with Gasteiger partial charge < -0.3 is 9.84 Å². The summed E-state index contributed by atoms with van der Waals surface area (Å²) >= 11 is 0. The number of carbonyl (C=O) groups excluding carboxylic acids is 1. The third kappa shape index (κ3) is 15.8. The van der Waals surface area contributed by atoms with Crippen LogP contribution in [0.2, 0.25) is 0 Å². The molecule has 0 aliphatic carbocycles. The van der Waals surface area contributed by atoms with E-state index in [4.69, 9.17) is 0 Å². The number of unbranched alkanes of at least 4 members (excludes halogenated alkanes) is 10. The van der Waals surface area contributed by atoms with Crippen molar-refractivity contribution in [1.82, 2.24) is 0 Å². The molecule has 0 radical (unpaired) electrons. The first kappa shape index (κ1) is 21.4. The molecule has 0 aromatic rings. The fourth-order valence-corrected chi connectivity index (χ4v) is 2.76. The van der Waals surface area contributed by atoms with Crippen molar-refractivity contribution < 1.29 is 14.6 Å². The van der Waals surface area contributed by atoms with Crippen LogP contribution in [0.4, 0.5) is 0 Å². The van der Waals surface area contributed by atoms with Crippen LogP contribution in [-0.2, 0) is 9.53 Å². The summed E-state index contributed by atoms with van der Waals surface area (Å²) in [6.45, 7) is 2.24. The van der Waals surface area contributed by atoms with Gasteiger partial charge in [-0.3, -0.25) is 4.79 Å². The molecule has 0 heterocycles. The van der Waals surface area contributed by atoms with Crippen LogP contribution in [0.1, 0.15) is 103 Å². The highest BCUT2D eigenvalue weighted by molar-refractivity contribution is 5.68. The second-order valence-electron chi connectivity index (χ2n) is 6.45. The Bertz CT molecular complexity index is 241. The van der Waals surface area contributed by atoms with Gasteiger partial charge >= 0.3 is 5.97 Å². The minimum atomic E-state index is -0.0992. The molecule has 0 saturated carbocycles. The van der Waals surface area contributed by atoms with Crippen LogP contribution in [0.15, 0.2) is 0 Å². The minimum absolute atomic E-state index is 0.0921. The Kier molecular flexibility index (Phi) is 16.4. The van der Waals surface area contributed by atoms with Crippen molar-refractivity contribution in [2.24, 2.45) is 0 Å². The van der Waals surface area contributed by atoms with E-state index in [0.717, 1.165) is 32.1 Å². The molecule has 0 aliphatic rings. The number of aliphatic hydroxyl groups is 1. The minimum Gasteiger partial charge on any atom is -0.469 e. The van der Waals surface area contributed by atoms with Gasteiger partial charge in [0, 0.05) is 6.42 Å². The topological polar surface area (TPSA) is 46.5 Å². The van der Waals surface area contributed by atoms with Gasteiger partial charge in [0.2, 0.25) is 0 Å². The number of esters is 1. The molecule has 3 heteroatoms. The van der Waals surface area contributed by atoms with Crippen molar-refractivity contribution in [2.75, 3.05) is 7.11 Å². The fraction of sp³-hybridized carbons (Fsp3) is 0.947. The monoisotopic (exact) mass is 314 g/mol. The summed E-state index contributed by atoms with van der Waals surface area (Å²) in [6.07, 6.45) is 16.9. The van der Waals surface area contributed by atoms with Crippen molar-refractivity contribution in [3.63, 3.8) is 0 Å². The maximum Gasteiger partial charge on any atom is 0.305 e. The van der Waals surface area contributed by atoms with Crippen molar-refractivity contribution in [3.05, 3.63) is 0 Å². The van der Waals surface area contributed by atoms with Crippen LogP contribution in [0.3, 0.4) is 0 Å². The van der Waals surface area contributed by atoms with Gasteiger partial charge in [-0.1, -0.05) is 77.6 Å². The highest BCUT2D eigenvalue weighted by atomic mass is 16.5. The molecule has 0 saturated heterocycles. The molecule has 0 aromatic carbocycles. The number of rotatable bonds is 16. The quantitative estimate of drug-likeness (QED) is 0.307. The number of methoxy groups -OCH3 is 1. The Hall–Kier alpha value is -0.570. The standard InChI is InChI=1S/C19H38O3/c1-3-4-5-6-9-12-15-18(20)16-13-10-7-8-11-14-17-19(21)22-2/h18,20H,3-17H2,1-2H3/t18-/m0/s1. The molecule has 0 aromatic heterocycles. The van der Waals surface area contributed by atoms with Crippen LogP contribution in [0.25, 0.3) is 0 Å². The molecule has 1 atom stereocenters. The number of aliphatic hydroxyl groups excluding tert-OH is 1. The van der Waals surface area contributed by atoms with E-state index in [9.17, 15) is 9.90 Å². The van der Waals surface area contributed by atoms with Gasteiger partial charge in [0.1, 0.15) is 0 Å². The highest BCUT2D eigenvalue weighted by Crippen LogP contribution is 2.14. The summed E-state index contributed by atoms with van der Waals surface area (Å²) in [5.41, 5.74) is 0. The maximum absolute atomic E-state index is 10.9. The smallest absolute Gasteiger partial charge is 0.305 e. The number of ether oxygens (including phenoxy) is 1. The van der Waals surface area contributed by atoms with Crippen molar-refractivity contribution in [2.45, 2.75) is 109 Å². The number of hydrogen-bond donors (Lipinski definition) is 1. The Morgan fingerprint density at radius 1 is 0.818 bits per heavy atom. The molecule has 22 heavy (non-hydrogen) atoms. The first-order valence-electron chi connectivity index (χ1n) is 9.45. The van der Waals surface area contributed by atoms with E-state index in [1.165, 1.54) is 64.9 Å². The van der Waals surface area contributed by atoms with Gasteiger partial charge in [-0.2, -0.15) is 0 Å². The fourth-order valence-electron chi connectivity index (χ4n) is 2.76. The summed E-state index contributed by atoms with van der Waals surface area (Å²) < 4.78 is 4.61. The zero-order valence-corrected chi connectivity index (χ0v) is 14.9. The molecule has 0 aliphatic heterocycles. The molecular weight excluding hydrogens is 276 g/mol. The van der Waals surface area contributed by atoms with Crippen molar-refractivity contribution in [1.29, 1.82) is 0 Å². The SMILES string of the molecule is CCCCCCCC[C@H](O)CCCCCCCCC(=O)OC. The van der Waals surface area contributed by atoms with Crippen molar-refractivity contribution in [3.8, 4) is 0 Å². The average Bonchev–Trinajstić information content (AvgIpc) is 2.52. The van der Waals surface area contributed by atoms with E-state index < -0.39 is 0 Å². The van der Waals surface area contributed by atoms with Crippen LogP contribution in [0.5, 0.6) is 0 Å². The molecule has 0 unspecified atom stereocenters. The van der Waals surface area contributed by atoms with Crippen molar-refractivity contribution >= 4 is 5.97 Å². The molecule has 0 amide bonds. The number of carbonyl (C=O) groups is 1. The molecule has 0 spiro atoms. The summed E-state index contributed by atoms with van der Waals surface area (Å²) in [6, 6.07) is 0. The maximum atomic E-state index is 10.9. The third-order valence-electron chi connectivity index (χ3n) is 4.29. The first-order valence-corrected chi connectivity index (χ1v) is 9.45. The zero-order chi connectivity index (χ0) is 16.5. The van der Waals surface area contributed by atoms with E-state index in [1.54, 1.807) is 0 Å². The number of hydrogen-bond acceptors (Lipinski definition) is 3. The largest absolute Gasteiger partial charge is 0.469 e. The van der Waals surface area contributed by atoms with E-state index in [1.807, 2.05) is 0 Å². The lowest BCUT2D eigenvalue weighted by atomic mass is 10.0. The van der Waals surface area contributed by atoms with Gasteiger partial charge in [0.15, 0.2) is 0 Å². The predicted octanol–water partition coefficient (Wildman–Crippen LogP) is 5.39. The Morgan fingerprint density at radius 2 is 1.27 bits per heavy atom. The Balaban J connectivity index is 3.18. The summed E-state index contributed by atoms with van der Waals surface area (Å²) in [5, 5.41) is 9.93. The van der Waals surface area contributed by atoms with Gasteiger partial charge in [-0.25, -0.2) is 0 Å². The molecule has 132 valence electrons. The van der Waals surface area contributed by atoms with Crippen LogP contribution in [0, 0.1) is 0 Å². The molecule has 0 fully saturated rings. The zero-order valence-electron chi connectivity index (χ0n) is 14.9. The lowest BCUT2D eigenvalue weighted by Crippen LogP contribution is -2.05. The average molecular weight is 315 g/mol. The van der Waals surface area contributed by atoms with E-state index in [2.05, 4.69) is 11.7 Å². The van der Waals surface area contributed by atoms with Gasteiger partial charge in [-0.15, -0.1) is 0 Å². The van der Waals surface area contributed by atoms with E-state index in [0.29, 0.717) is 6.42 Å². The van der Waals surface area contributed by atoms with Gasteiger partial charge in [-0.05, 0) is 19.3 Å². The van der Waals surface area contributed by atoms with Gasteiger partial charge in [0.05, 0.1) is 13.2 Å². The second kappa shape index (κ2) is 16.8. The Morgan fingerprint density at radius 3 is 1.77 bits per heavy atom. The highest BCUT2D eigenvalue weighted by Gasteiger charge is 2.04. The van der Waals surface area contributed by atoms with E-state index >= 15 is 0 Å². The first-order chi connectivity index (χ1) is 10.7. The lowest BCUT2D eigenvalue weighted by molar-refractivity contribution is -0.140. The molecule has 3 nitrogen and oxygen atoms in total. The van der Waals surface area contributed by atoms with Gasteiger partial charge in [0.25, 0.3) is 0 Å². The molecule has 0 rings (SSSR count). The summed E-state index contributed by atoms with van der Waals surface area (Å²) in [4.78, 5) is 10.9. The second-order valence-corrected chi connectivity index (χ2v) is 6.45. The normalized spacial score (nSPS) is 12.3. The molecule has 1 N–H and O–H groups in total. The third-order valence-corrected chi connectivity index (χ3v) is 4.29. The van der Waals surface area contributed by atoms with E-state index in [-0.39, 0.29) is 12.1 Å². The molecule has 0 bridgehead atoms. The molecular formula is C19H38O3. The summed E-state index contributed by atoms with van der Waals surface area (Å²) in [5.74, 6) is -0.0992. The predicted molar refractivity (Wildman–Crippen MR) is 93.0 cm³/mol. The lowest BCUT2D eigenvalue weighted by Gasteiger charge is -2.10. The summed E-state index contributed by atoms with van der Waals surface area (Å²) in [7, 11) is 1.44. The van der Waals surface area contributed by atoms with Crippen LogP contribution in [-0.4, -0.2) is 24.3 Å². The Labute approximate surface area is 137 Å². The van der Waals surface area contributed by atoms with Crippen LogP contribution < -0.4 is 0 Å². The van der Waals surface area contributed by atoms with Crippen LogP contribution >= 0.6 is 0 Å².